The van der Waals surface area contributed by atoms with Gasteiger partial charge in [-0.05, 0) is 43.9 Å². The largest absolute Gasteiger partial charge is 0.381 e. The molecule has 5 rings (SSSR count). The van der Waals surface area contributed by atoms with E-state index in [1.54, 1.807) is 13.1 Å². The van der Waals surface area contributed by atoms with E-state index in [2.05, 4.69) is 15.3 Å². The number of nitrogens with zero attached hydrogens (tertiary/aromatic N) is 5. The van der Waals surface area contributed by atoms with Gasteiger partial charge in [0.25, 0.3) is 12.3 Å². The standard InChI is InChI=1S/C22H23ClF2N6O2/c1-26-22(32)15-4-5-16-18(27-15)21(29-31(16)12-6-9-33-10-7-12)30-8-2-3-14-17(30)11-13(20(24)25)19(23)28-14/h4-5,11-12,20H,2-3,6-10H2,1H3,(H,26,32). The third kappa shape index (κ3) is 3.91. The maximum atomic E-state index is 13.6. The topological polar surface area (TPSA) is 85.2 Å². The Bertz CT molecular complexity index is 1210. The fourth-order valence-corrected chi connectivity index (χ4v) is 4.73. The Hall–Kier alpha value is -2.85. The molecule has 8 nitrogen and oxygen atoms in total. The van der Waals surface area contributed by atoms with Gasteiger partial charge in [0, 0.05) is 26.8 Å². The predicted molar refractivity (Wildman–Crippen MR) is 120 cm³/mol. The average molecular weight is 477 g/mol. The fourth-order valence-electron chi connectivity index (χ4n) is 4.50. The molecule has 3 aromatic rings. The van der Waals surface area contributed by atoms with Crippen molar-refractivity contribution in [1.82, 2.24) is 25.1 Å². The van der Waals surface area contributed by atoms with Gasteiger partial charge in [-0.25, -0.2) is 18.7 Å². The number of rotatable bonds is 4. The molecule has 0 bridgehead atoms. The number of anilines is 2. The highest BCUT2D eigenvalue weighted by Gasteiger charge is 2.30. The van der Waals surface area contributed by atoms with Crippen molar-refractivity contribution in [3.8, 4) is 0 Å². The Morgan fingerprint density at radius 3 is 2.79 bits per heavy atom. The van der Waals surface area contributed by atoms with E-state index in [0.717, 1.165) is 24.8 Å². The number of alkyl halides is 2. The second-order valence-corrected chi connectivity index (χ2v) is 8.50. The van der Waals surface area contributed by atoms with Crippen molar-refractivity contribution >= 4 is 40.0 Å². The highest BCUT2D eigenvalue weighted by Crippen LogP contribution is 2.40. The summed E-state index contributed by atoms with van der Waals surface area (Å²) in [4.78, 5) is 23.0. The average Bonchev–Trinajstić information content (AvgIpc) is 3.21. The van der Waals surface area contributed by atoms with Crippen LogP contribution in [0.3, 0.4) is 0 Å². The molecular weight excluding hydrogens is 454 g/mol. The highest BCUT2D eigenvalue weighted by molar-refractivity contribution is 6.30. The molecule has 11 heteroatoms. The number of aryl methyl sites for hydroxylation is 1. The lowest BCUT2D eigenvalue weighted by Gasteiger charge is -2.29. The van der Waals surface area contributed by atoms with E-state index < -0.39 is 6.43 Å². The summed E-state index contributed by atoms with van der Waals surface area (Å²) in [7, 11) is 1.54. The summed E-state index contributed by atoms with van der Waals surface area (Å²) in [6.45, 7) is 1.83. The molecule has 0 unspecified atom stereocenters. The van der Waals surface area contributed by atoms with Crippen LogP contribution in [-0.4, -0.2) is 52.5 Å². The maximum Gasteiger partial charge on any atom is 0.269 e. The minimum absolute atomic E-state index is 0.117. The van der Waals surface area contributed by atoms with Gasteiger partial charge in [0.2, 0.25) is 0 Å². The molecule has 1 fully saturated rings. The van der Waals surface area contributed by atoms with Gasteiger partial charge in [0.1, 0.15) is 16.4 Å². The Morgan fingerprint density at radius 1 is 1.27 bits per heavy atom. The van der Waals surface area contributed by atoms with Crippen LogP contribution in [-0.2, 0) is 11.2 Å². The monoisotopic (exact) mass is 476 g/mol. The normalized spacial score (nSPS) is 16.9. The Balaban J connectivity index is 1.69. The quantitative estimate of drug-likeness (QED) is 0.568. The number of carbonyl (C=O) groups is 1. The summed E-state index contributed by atoms with van der Waals surface area (Å²) in [5, 5.41) is 7.32. The fraction of sp³-hybridized carbons (Fsp3) is 0.455. The molecule has 2 aliphatic rings. The van der Waals surface area contributed by atoms with E-state index in [-0.39, 0.29) is 28.4 Å². The second kappa shape index (κ2) is 8.83. The first-order valence-corrected chi connectivity index (χ1v) is 11.3. The van der Waals surface area contributed by atoms with Crippen molar-refractivity contribution in [2.24, 2.45) is 0 Å². The zero-order chi connectivity index (χ0) is 23.1. The highest BCUT2D eigenvalue weighted by atomic mass is 35.5. The summed E-state index contributed by atoms with van der Waals surface area (Å²) < 4.78 is 34.6. The van der Waals surface area contributed by atoms with Crippen LogP contribution in [0.1, 0.15) is 53.5 Å². The Kier molecular flexibility index (Phi) is 5.88. The van der Waals surface area contributed by atoms with E-state index in [1.165, 1.54) is 6.07 Å². The van der Waals surface area contributed by atoms with E-state index in [4.69, 9.17) is 21.4 Å². The molecule has 0 atom stereocenters. The zero-order valence-electron chi connectivity index (χ0n) is 18.0. The SMILES string of the molecule is CNC(=O)c1ccc2c(n1)c(N1CCCc3nc(Cl)c(C(F)F)cc31)nn2C1CCOCC1. The van der Waals surface area contributed by atoms with Crippen molar-refractivity contribution in [1.29, 1.82) is 0 Å². The molecule has 1 N–H and O–H groups in total. The molecule has 174 valence electrons. The maximum absolute atomic E-state index is 13.6. The van der Waals surface area contributed by atoms with E-state index in [0.29, 0.717) is 48.9 Å². The van der Waals surface area contributed by atoms with E-state index >= 15 is 0 Å². The first-order chi connectivity index (χ1) is 16.0. The van der Waals surface area contributed by atoms with Crippen LogP contribution >= 0.6 is 11.6 Å². The smallest absolute Gasteiger partial charge is 0.269 e. The molecule has 3 aromatic heterocycles. The molecule has 33 heavy (non-hydrogen) atoms. The lowest BCUT2D eigenvalue weighted by Crippen LogP contribution is -2.27. The van der Waals surface area contributed by atoms with Crippen LogP contribution in [0.15, 0.2) is 18.2 Å². The summed E-state index contributed by atoms with van der Waals surface area (Å²) >= 11 is 6.02. The molecule has 0 spiro atoms. The van der Waals surface area contributed by atoms with Gasteiger partial charge in [-0.15, -0.1) is 0 Å². The van der Waals surface area contributed by atoms with Crippen LogP contribution in [0.5, 0.6) is 0 Å². The Labute approximate surface area is 193 Å². The van der Waals surface area contributed by atoms with Crippen LogP contribution in [0.2, 0.25) is 5.15 Å². The molecule has 1 saturated heterocycles. The summed E-state index contributed by atoms with van der Waals surface area (Å²) in [6.07, 6.45) is 0.247. The number of carbonyl (C=O) groups excluding carboxylic acids is 1. The number of aromatic nitrogens is 4. The number of nitrogens with one attached hydrogen (secondary N) is 1. The van der Waals surface area contributed by atoms with E-state index in [1.807, 2.05) is 15.6 Å². The minimum Gasteiger partial charge on any atom is -0.381 e. The second-order valence-electron chi connectivity index (χ2n) is 8.15. The number of pyridine rings is 2. The number of hydrogen-bond donors (Lipinski definition) is 1. The van der Waals surface area contributed by atoms with Gasteiger partial charge < -0.3 is 15.0 Å². The van der Waals surface area contributed by atoms with Gasteiger partial charge in [0.05, 0.1) is 28.5 Å². The zero-order valence-corrected chi connectivity index (χ0v) is 18.8. The summed E-state index contributed by atoms with van der Waals surface area (Å²) in [5.41, 5.74) is 2.47. The van der Waals surface area contributed by atoms with Gasteiger partial charge in [-0.3, -0.25) is 9.48 Å². The van der Waals surface area contributed by atoms with Gasteiger partial charge in [0.15, 0.2) is 5.82 Å². The van der Waals surface area contributed by atoms with Crippen molar-refractivity contribution in [3.63, 3.8) is 0 Å². The van der Waals surface area contributed by atoms with Crippen LogP contribution in [0.25, 0.3) is 11.0 Å². The number of amides is 1. The predicted octanol–water partition coefficient (Wildman–Crippen LogP) is 4.21. The third-order valence-corrected chi connectivity index (χ3v) is 6.47. The lowest BCUT2D eigenvalue weighted by molar-refractivity contribution is 0.0675. The summed E-state index contributed by atoms with van der Waals surface area (Å²) in [5.74, 6) is 0.210. The molecule has 0 aromatic carbocycles. The minimum atomic E-state index is -2.74. The molecule has 2 aliphatic heterocycles. The van der Waals surface area contributed by atoms with Crippen molar-refractivity contribution in [3.05, 3.63) is 40.3 Å². The lowest BCUT2D eigenvalue weighted by atomic mass is 10.1. The molecule has 0 radical (unpaired) electrons. The van der Waals surface area contributed by atoms with Crippen molar-refractivity contribution < 1.29 is 18.3 Å². The van der Waals surface area contributed by atoms with Crippen molar-refractivity contribution in [2.45, 2.75) is 38.2 Å². The molecule has 0 aliphatic carbocycles. The van der Waals surface area contributed by atoms with Gasteiger partial charge in [-0.1, -0.05) is 11.6 Å². The molecule has 1 amide bonds. The third-order valence-electron chi connectivity index (χ3n) is 6.17. The van der Waals surface area contributed by atoms with Gasteiger partial charge in [-0.2, -0.15) is 5.10 Å². The summed E-state index contributed by atoms with van der Waals surface area (Å²) in [6, 6.07) is 5.03. The molecule has 0 saturated carbocycles. The molecular formula is C22H23ClF2N6O2. The van der Waals surface area contributed by atoms with Crippen LogP contribution in [0.4, 0.5) is 20.3 Å². The number of ether oxygens (including phenoxy) is 1. The van der Waals surface area contributed by atoms with Crippen LogP contribution in [0, 0.1) is 0 Å². The van der Waals surface area contributed by atoms with Crippen LogP contribution < -0.4 is 10.2 Å². The number of halogens is 3. The first kappa shape index (κ1) is 22.0. The van der Waals surface area contributed by atoms with Crippen molar-refractivity contribution in [2.75, 3.05) is 31.7 Å². The number of fused-ring (bicyclic) bond motifs is 2. The van der Waals surface area contributed by atoms with Gasteiger partial charge >= 0.3 is 0 Å². The number of hydrogen-bond acceptors (Lipinski definition) is 6. The first-order valence-electron chi connectivity index (χ1n) is 10.9. The molecule has 5 heterocycles. The Morgan fingerprint density at radius 2 is 2.06 bits per heavy atom. The van der Waals surface area contributed by atoms with E-state index in [9.17, 15) is 13.6 Å².